The molecule has 0 unspecified atom stereocenters. The highest BCUT2D eigenvalue weighted by Gasteiger charge is 2.18. The van der Waals surface area contributed by atoms with Gasteiger partial charge in [-0.3, -0.25) is 0 Å². The fraction of sp³-hybridized carbons (Fsp3) is 0.0417. The van der Waals surface area contributed by atoms with Crippen molar-refractivity contribution in [2.24, 2.45) is 0 Å². The SMILES string of the molecule is CSc1ccc(-n2c(-c3cccs3)ccc2-c2ccc(C(C#N)=C(C#N)C#N)s2)cc1. The number of aromatic nitrogens is 1. The summed E-state index contributed by atoms with van der Waals surface area (Å²) in [5.41, 5.74) is 3.06. The number of thiophene rings is 2. The van der Waals surface area contributed by atoms with Crippen LogP contribution in [0.15, 0.2) is 76.5 Å². The number of benzene rings is 1. The Balaban J connectivity index is 1.88. The molecule has 0 fully saturated rings. The van der Waals surface area contributed by atoms with Crippen molar-refractivity contribution in [3.05, 3.63) is 76.5 Å². The second kappa shape index (κ2) is 9.08. The maximum Gasteiger partial charge on any atom is 0.148 e. The zero-order valence-corrected chi connectivity index (χ0v) is 18.8. The molecule has 0 aliphatic rings. The fourth-order valence-corrected chi connectivity index (χ4v) is 5.41. The predicted octanol–water partition coefficient (Wildman–Crippen LogP) is 6.98. The molecule has 4 rings (SSSR count). The normalized spacial score (nSPS) is 10.1. The summed E-state index contributed by atoms with van der Waals surface area (Å²) in [7, 11) is 0. The quantitative estimate of drug-likeness (QED) is 0.241. The first kappa shape index (κ1) is 20.7. The minimum Gasteiger partial charge on any atom is -0.308 e. The highest BCUT2D eigenvalue weighted by atomic mass is 32.2. The second-order valence-electron chi connectivity index (χ2n) is 6.36. The van der Waals surface area contributed by atoms with E-state index in [0.29, 0.717) is 4.88 Å². The summed E-state index contributed by atoms with van der Waals surface area (Å²) in [6.45, 7) is 0. The van der Waals surface area contributed by atoms with Gasteiger partial charge in [-0.2, -0.15) is 15.8 Å². The monoisotopic (exact) mass is 454 g/mol. The summed E-state index contributed by atoms with van der Waals surface area (Å²) >= 11 is 4.78. The molecular formula is C24H14N4S3. The van der Waals surface area contributed by atoms with E-state index in [9.17, 15) is 15.8 Å². The third-order valence-corrected chi connectivity index (χ3v) is 7.44. The van der Waals surface area contributed by atoms with Gasteiger partial charge in [-0.25, -0.2) is 0 Å². The number of nitrogens with zero attached hydrogens (tertiary/aromatic N) is 4. The summed E-state index contributed by atoms with van der Waals surface area (Å²) in [6, 6.07) is 26.1. The van der Waals surface area contributed by atoms with E-state index < -0.39 is 0 Å². The average Bonchev–Trinajstić information content (AvgIpc) is 3.57. The van der Waals surface area contributed by atoms with Crippen LogP contribution in [0.4, 0.5) is 0 Å². The Hall–Kier alpha value is -3.54. The van der Waals surface area contributed by atoms with Crippen molar-refractivity contribution in [2.45, 2.75) is 4.90 Å². The van der Waals surface area contributed by atoms with Crippen LogP contribution in [0.25, 0.3) is 32.4 Å². The van der Waals surface area contributed by atoms with Crippen LogP contribution < -0.4 is 0 Å². The van der Waals surface area contributed by atoms with Crippen molar-refractivity contribution in [1.82, 2.24) is 4.57 Å². The van der Waals surface area contributed by atoms with Crippen LogP contribution in [0.1, 0.15) is 4.88 Å². The number of hydrogen-bond donors (Lipinski definition) is 0. The van der Waals surface area contributed by atoms with Crippen molar-refractivity contribution in [1.29, 1.82) is 15.8 Å². The largest absolute Gasteiger partial charge is 0.308 e. The van der Waals surface area contributed by atoms with Crippen molar-refractivity contribution in [2.75, 3.05) is 6.26 Å². The summed E-state index contributed by atoms with van der Waals surface area (Å²) in [5.74, 6) is 0. The molecule has 1 aromatic carbocycles. The van der Waals surface area contributed by atoms with Crippen LogP contribution in [0, 0.1) is 34.0 Å². The molecule has 3 heterocycles. The van der Waals surface area contributed by atoms with Crippen LogP contribution in [-0.4, -0.2) is 10.8 Å². The lowest BCUT2D eigenvalue weighted by Gasteiger charge is -2.13. The highest BCUT2D eigenvalue weighted by molar-refractivity contribution is 7.98. The van der Waals surface area contributed by atoms with Crippen LogP contribution in [0.5, 0.6) is 0 Å². The molecule has 0 spiro atoms. The van der Waals surface area contributed by atoms with E-state index in [-0.39, 0.29) is 11.1 Å². The molecule has 0 saturated heterocycles. The number of hydrogen-bond acceptors (Lipinski definition) is 6. The maximum absolute atomic E-state index is 9.49. The van der Waals surface area contributed by atoms with Gasteiger partial charge in [0.25, 0.3) is 0 Å². The molecule has 0 aliphatic carbocycles. The first-order valence-electron chi connectivity index (χ1n) is 9.15. The first-order chi connectivity index (χ1) is 15.2. The van der Waals surface area contributed by atoms with E-state index in [2.05, 4.69) is 58.7 Å². The summed E-state index contributed by atoms with van der Waals surface area (Å²) < 4.78 is 2.21. The molecule has 0 atom stereocenters. The standard InChI is InChI=1S/C24H14N4S3/c1-29-18-6-4-17(5-7-18)28-20(23-3-2-12-30-23)8-9-21(28)24-11-10-22(31-24)19(15-27)16(13-25)14-26/h2-12H,1H3. The van der Waals surface area contributed by atoms with Gasteiger partial charge in [-0.15, -0.1) is 34.4 Å². The molecule has 4 nitrogen and oxygen atoms in total. The van der Waals surface area contributed by atoms with Gasteiger partial charge in [0.1, 0.15) is 23.8 Å². The van der Waals surface area contributed by atoms with Crippen LogP contribution in [0.2, 0.25) is 0 Å². The lowest BCUT2D eigenvalue weighted by molar-refractivity contribution is 1.10. The summed E-state index contributed by atoms with van der Waals surface area (Å²) in [4.78, 5) is 3.91. The number of allylic oxidation sites excluding steroid dienone is 2. The molecule has 0 saturated carbocycles. The third-order valence-electron chi connectivity index (χ3n) is 4.68. The number of rotatable bonds is 5. The van der Waals surface area contributed by atoms with Gasteiger partial charge in [0.05, 0.1) is 26.7 Å². The number of nitriles is 3. The Bertz CT molecular complexity index is 1370. The topological polar surface area (TPSA) is 76.3 Å². The molecule has 7 heteroatoms. The molecule has 4 aromatic rings. The van der Waals surface area contributed by atoms with E-state index >= 15 is 0 Å². The first-order valence-corrected chi connectivity index (χ1v) is 12.1. The van der Waals surface area contributed by atoms with Crippen LogP contribution >= 0.6 is 34.4 Å². The second-order valence-corrected chi connectivity index (χ2v) is 9.27. The van der Waals surface area contributed by atoms with Gasteiger partial charge in [0.2, 0.25) is 0 Å². The average molecular weight is 455 g/mol. The molecule has 0 radical (unpaired) electrons. The minimum absolute atomic E-state index is 0.113. The van der Waals surface area contributed by atoms with Gasteiger partial charge < -0.3 is 4.57 Å². The Morgan fingerprint density at radius 3 is 2.13 bits per heavy atom. The molecule has 148 valence electrons. The Morgan fingerprint density at radius 1 is 0.839 bits per heavy atom. The third kappa shape index (κ3) is 3.93. The summed E-state index contributed by atoms with van der Waals surface area (Å²) in [6.07, 6.45) is 2.05. The smallest absolute Gasteiger partial charge is 0.148 e. The number of thioether (sulfide) groups is 1. The van der Waals surface area contributed by atoms with Crippen LogP contribution in [-0.2, 0) is 0 Å². The van der Waals surface area contributed by atoms with Crippen molar-refractivity contribution in [3.63, 3.8) is 0 Å². The Morgan fingerprint density at radius 2 is 1.55 bits per heavy atom. The van der Waals surface area contributed by atoms with Crippen molar-refractivity contribution >= 4 is 40.0 Å². The highest BCUT2D eigenvalue weighted by Crippen LogP contribution is 2.39. The Kier molecular flexibility index (Phi) is 6.07. The van der Waals surface area contributed by atoms with Crippen LogP contribution in [0.3, 0.4) is 0 Å². The van der Waals surface area contributed by atoms with E-state index in [4.69, 9.17) is 0 Å². The molecular weight excluding hydrogens is 440 g/mol. The van der Waals surface area contributed by atoms with Gasteiger partial charge in [0, 0.05) is 15.5 Å². The fourth-order valence-electron chi connectivity index (χ4n) is 3.24. The molecule has 0 bridgehead atoms. The van der Waals surface area contributed by atoms with E-state index in [1.807, 2.05) is 30.3 Å². The molecule has 31 heavy (non-hydrogen) atoms. The van der Waals surface area contributed by atoms with Gasteiger partial charge in [0.15, 0.2) is 0 Å². The van der Waals surface area contributed by atoms with Gasteiger partial charge >= 0.3 is 0 Å². The minimum atomic E-state index is -0.168. The van der Waals surface area contributed by atoms with Gasteiger partial charge in [-0.05, 0) is 66.2 Å². The molecule has 0 aliphatic heterocycles. The van der Waals surface area contributed by atoms with E-state index in [1.54, 1.807) is 29.2 Å². The predicted molar refractivity (Wildman–Crippen MR) is 128 cm³/mol. The van der Waals surface area contributed by atoms with Crippen molar-refractivity contribution < 1.29 is 0 Å². The summed E-state index contributed by atoms with van der Waals surface area (Å²) in [5, 5.41) is 29.9. The Labute approximate surface area is 192 Å². The molecule has 0 N–H and O–H groups in total. The molecule has 0 amide bonds. The van der Waals surface area contributed by atoms with E-state index in [1.165, 1.54) is 16.2 Å². The van der Waals surface area contributed by atoms with Crippen molar-refractivity contribution in [3.8, 4) is 45.0 Å². The zero-order chi connectivity index (χ0) is 21.8. The maximum atomic E-state index is 9.49. The lowest BCUT2D eigenvalue weighted by atomic mass is 10.1. The van der Waals surface area contributed by atoms with Gasteiger partial charge in [-0.1, -0.05) is 6.07 Å². The van der Waals surface area contributed by atoms with E-state index in [0.717, 1.165) is 26.8 Å². The molecule has 3 aromatic heterocycles. The zero-order valence-electron chi connectivity index (χ0n) is 16.4. The lowest BCUT2D eigenvalue weighted by Crippen LogP contribution is -1.97.